The molecule has 2 nitrogen and oxygen atoms in total. The molecule has 0 saturated carbocycles. The van der Waals surface area contributed by atoms with Crippen molar-refractivity contribution in [1.29, 1.82) is 0 Å². The van der Waals surface area contributed by atoms with Gasteiger partial charge >= 0.3 is 0 Å². The zero-order valence-electron chi connectivity index (χ0n) is 12.0. The summed E-state index contributed by atoms with van der Waals surface area (Å²) in [6.07, 6.45) is 3.22. The number of aromatic nitrogens is 1. The number of nitrogens with two attached hydrogens (primary N) is 1. The lowest BCUT2D eigenvalue weighted by atomic mass is 9.74. The summed E-state index contributed by atoms with van der Waals surface area (Å²) in [6.45, 7) is 4.18. The van der Waals surface area contributed by atoms with E-state index in [1.165, 1.54) is 6.07 Å². The summed E-state index contributed by atoms with van der Waals surface area (Å²) in [5.41, 5.74) is 7.97. The second-order valence-corrected chi connectivity index (χ2v) is 6.43. The van der Waals surface area contributed by atoms with E-state index in [-0.39, 0.29) is 17.1 Å². The molecule has 21 heavy (non-hydrogen) atoms. The SMILES string of the molecule is CC1(C)Cc2c(ccn2-c2ccc(F)c(F)c2F)C(N)C1. The molecule has 0 radical (unpaired) electrons. The van der Waals surface area contributed by atoms with Crippen LogP contribution in [-0.4, -0.2) is 4.57 Å². The molecule has 1 aromatic heterocycles. The average molecular weight is 294 g/mol. The van der Waals surface area contributed by atoms with Crippen LogP contribution in [0.15, 0.2) is 24.4 Å². The topological polar surface area (TPSA) is 30.9 Å². The lowest BCUT2D eigenvalue weighted by molar-refractivity contribution is 0.278. The smallest absolute Gasteiger partial charge is 0.196 e. The Balaban J connectivity index is 2.17. The molecule has 2 N–H and O–H groups in total. The Morgan fingerprint density at radius 1 is 1.14 bits per heavy atom. The number of halogens is 3. The second-order valence-electron chi connectivity index (χ2n) is 6.43. The third-order valence-electron chi connectivity index (χ3n) is 4.12. The van der Waals surface area contributed by atoms with E-state index in [0.717, 1.165) is 23.7 Å². The van der Waals surface area contributed by atoms with E-state index in [2.05, 4.69) is 13.8 Å². The summed E-state index contributed by atoms with van der Waals surface area (Å²) < 4.78 is 42.1. The predicted octanol–water partition coefficient (Wildman–Crippen LogP) is 3.87. The van der Waals surface area contributed by atoms with Crippen LogP contribution < -0.4 is 5.73 Å². The molecule has 0 amide bonds. The van der Waals surface area contributed by atoms with Crippen molar-refractivity contribution in [3.05, 3.63) is 53.1 Å². The maximum atomic E-state index is 14.0. The maximum Gasteiger partial charge on any atom is 0.196 e. The second kappa shape index (κ2) is 4.63. The van der Waals surface area contributed by atoms with Gasteiger partial charge in [-0.15, -0.1) is 0 Å². The van der Waals surface area contributed by atoms with Gasteiger partial charge in [0.1, 0.15) is 0 Å². The van der Waals surface area contributed by atoms with Crippen LogP contribution in [0.3, 0.4) is 0 Å². The summed E-state index contributed by atoms with van der Waals surface area (Å²) in [5.74, 6) is -3.81. The first-order chi connectivity index (χ1) is 9.80. The van der Waals surface area contributed by atoms with Gasteiger partial charge in [0.2, 0.25) is 0 Å². The van der Waals surface area contributed by atoms with Crippen molar-refractivity contribution in [3.63, 3.8) is 0 Å². The van der Waals surface area contributed by atoms with E-state index in [0.29, 0.717) is 6.42 Å². The number of rotatable bonds is 1. The third-order valence-corrected chi connectivity index (χ3v) is 4.12. The fourth-order valence-corrected chi connectivity index (χ4v) is 3.16. The predicted molar refractivity (Wildman–Crippen MR) is 74.7 cm³/mol. The van der Waals surface area contributed by atoms with Crippen molar-refractivity contribution < 1.29 is 13.2 Å². The zero-order valence-corrected chi connectivity index (χ0v) is 12.0. The van der Waals surface area contributed by atoms with Crippen LogP contribution in [0.1, 0.15) is 37.6 Å². The molecule has 112 valence electrons. The van der Waals surface area contributed by atoms with E-state index in [1.54, 1.807) is 10.8 Å². The van der Waals surface area contributed by atoms with Crippen LogP contribution in [-0.2, 0) is 6.42 Å². The van der Waals surface area contributed by atoms with Crippen molar-refractivity contribution >= 4 is 0 Å². The van der Waals surface area contributed by atoms with E-state index in [1.807, 2.05) is 6.07 Å². The van der Waals surface area contributed by atoms with Crippen LogP contribution in [0, 0.1) is 22.9 Å². The molecule has 0 bridgehead atoms. The van der Waals surface area contributed by atoms with Gasteiger partial charge in [-0.05, 0) is 42.0 Å². The Bertz CT molecular complexity index is 704. The normalized spacial score (nSPS) is 20.4. The van der Waals surface area contributed by atoms with E-state index in [9.17, 15) is 13.2 Å². The van der Waals surface area contributed by atoms with Gasteiger partial charge in [0, 0.05) is 17.9 Å². The van der Waals surface area contributed by atoms with Gasteiger partial charge in [-0.1, -0.05) is 13.8 Å². The molecule has 1 heterocycles. The Hall–Kier alpha value is -1.75. The molecule has 1 atom stereocenters. The van der Waals surface area contributed by atoms with Gasteiger partial charge in [-0.2, -0.15) is 0 Å². The number of nitrogens with zero attached hydrogens (tertiary/aromatic N) is 1. The van der Waals surface area contributed by atoms with Gasteiger partial charge in [-0.25, -0.2) is 13.2 Å². The molecule has 5 heteroatoms. The summed E-state index contributed by atoms with van der Waals surface area (Å²) in [6, 6.07) is 3.89. The van der Waals surface area contributed by atoms with E-state index >= 15 is 0 Å². The standard InChI is InChI=1S/C16H17F3N2/c1-16(2)7-11(20)9-5-6-21(13(9)8-16)12-4-3-10(17)14(18)15(12)19/h3-6,11H,7-8,20H2,1-2H3. The molecule has 1 aromatic carbocycles. The van der Waals surface area contributed by atoms with Crippen LogP contribution in [0.25, 0.3) is 5.69 Å². The molecule has 0 saturated heterocycles. The zero-order chi connectivity index (χ0) is 15.4. The van der Waals surface area contributed by atoms with Crippen molar-refractivity contribution in [2.45, 2.75) is 32.7 Å². The number of benzene rings is 1. The minimum Gasteiger partial charge on any atom is -0.324 e. The van der Waals surface area contributed by atoms with Crippen molar-refractivity contribution in [1.82, 2.24) is 4.57 Å². The minimum absolute atomic E-state index is 0.0139. The largest absolute Gasteiger partial charge is 0.324 e. The lowest BCUT2D eigenvalue weighted by Gasteiger charge is -2.34. The van der Waals surface area contributed by atoms with Crippen LogP contribution >= 0.6 is 0 Å². The highest BCUT2D eigenvalue weighted by Crippen LogP contribution is 2.41. The van der Waals surface area contributed by atoms with Gasteiger partial charge in [0.05, 0.1) is 5.69 Å². The van der Waals surface area contributed by atoms with E-state index < -0.39 is 17.5 Å². The molecule has 0 spiro atoms. The molecule has 3 rings (SSSR count). The summed E-state index contributed by atoms with van der Waals surface area (Å²) >= 11 is 0. The number of hydrogen-bond acceptors (Lipinski definition) is 1. The van der Waals surface area contributed by atoms with Gasteiger partial charge < -0.3 is 10.3 Å². The van der Waals surface area contributed by atoms with Gasteiger partial charge in [-0.3, -0.25) is 0 Å². The third kappa shape index (κ3) is 2.25. The molecule has 1 aliphatic rings. The Kier molecular flexibility index (Phi) is 3.13. The lowest BCUT2D eigenvalue weighted by Crippen LogP contribution is -2.30. The molecular weight excluding hydrogens is 277 g/mol. The molecular formula is C16H17F3N2. The van der Waals surface area contributed by atoms with Crippen molar-refractivity contribution in [2.75, 3.05) is 0 Å². The van der Waals surface area contributed by atoms with Crippen LogP contribution in [0.2, 0.25) is 0 Å². The first-order valence-corrected chi connectivity index (χ1v) is 6.90. The Morgan fingerprint density at radius 3 is 2.57 bits per heavy atom. The highest BCUT2D eigenvalue weighted by atomic mass is 19.2. The fraction of sp³-hybridized carbons (Fsp3) is 0.375. The average Bonchev–Trinajstić information content (AvgIpc) is 2.79. The quantitative estimate of drug-likeness (QED) is 0.795. The monoisotopic (exact) mass is 294 g/mol. The maximum absolute atomic E-state index is 14.0. The number of hydrogen-bond donors (Lipinski definition) is 1. The van der Waals surface area contributed by atoms with Crippen LogP contribution in [0.4, 0.5) is 13.2 Å². The van der Waals surface area contributed by atoms with Crippen molar-refractivity contribution in [3.8, 4) is 5.69 Å². The fourth-order valence-electron chi connectivity index (χ4n) is 3.16. The Labute approximate surface area is 121 Å². The Morgan fingerprint density at radius 2 is 1.86 bits per heavy atom. The summed E-state index contributed by atoms with van der Waals surface area (Å²) in [5, 5.41) is 0. The molecule has 0 aliphatic heterocycles. The molecule has 2 aromatic rings. The highest BCUT2D eigenvalue weighted by Gasteiger charge is 2.33. The minimum atomic E-state index is -1.45. The summed E-state index contributed by atoms with van der Waals surface area (Å²) in [7, 11) is 0. The molecule has 1 unspecified atom stereocenters. The number of fused-ring (bicyclic) bond motifs is 1. The summed E-state index contributed by atoms with van der Waals surface area (Å²) in [4.78, 5) is 0. The highest BCUT2D eigenvalue weighted by molar-refractivity contribution is 5.42. The first-order valence-electron chi connectivity index (χ1n) is 6.90. The molecule has 0 fully saturated rings. The van der Waals surface area contributed by atoms with Gasteiger partial charge in [0.25, 0.3) is 0 Å². The van der Waals surface area contributed by atoms with Gasteiger partial charge in [0.15, 0.2) is 17.5 Å². The van der Waals surface area contributed by atoms with Crippen molar-refractivity contribution in [2.24, 2.45) is 11.1 Å². The van der Waals surface area contributed by atoms with E-state index in [4.69, 9.17) is 5.73 Å². The van der Waals surface area contributed by atoms with Crippen LogP contribution in [0.5, 0.6) is 0 Å². The molecule has 1 aliphatic carbocycles. The first kappa shape index (κ1) is 14.2.